The van der Waals surface area contributed by atoms with Crippen LogP contribution in [0.5, 0.6) is 11.5 Å². The first kappa shape index (κ1) is 25.5. The molecular formula is C28H29NO6S. The second kappa shape index (κ2) is 10.2. The number of aliphatic carboxylic acids is 1. The summed E-state index contributed by atoms with van der Waals surface area (Å²) in [5.41, 5.74) is 3.10. The van der Waals surface area contributed by atoms with Crippen LogP contribution in [-0.4, -0.2) is 38.0 Å². The third kappa shape index (κ3) is 4.74. The molecule has 1 aliphatic rings. The molecule has 0 fully saturated rings. The minimum atomic E-state index is -4.13. The summed E-state index contributed by atoms with van der Waals surface area (Å²) in [6.45, 7) is 3.77. The molecule has 3 aromatic rings. The van der Waals surface area contributed by atoms with Gasteiger partial charge in [0.1, 0.15) is 0 Å². The fourth-order valence-electron chi connectivity index (χ4n) is 4.62. The second-order valence-corrected chi connectivity index (χ2v) is 10.6. The van der Waals surface area contributed by atoms with Crippen molar-refractivity contribution >= 4 is 16.0 Å². The van der Waals surface area contributed by atoms with E-state index in [1.165, 1.54) is 18.5 Å². The molecule has 1 aliphatic heterocycles. The summed E-state index contributed by atoms with van der Waals surface area (Å²) >= 11 is 0. The summed E-state index contributed by atoms with van der Waals surface area (Å²) in [5, 5.41) is 10.1. The number of nitrogens with zero attached hydrogens (tertiary/aromatic N) is 1. The molecule has 4 rings (SSSR count). The van der Waals surface area contributed by atoms with Crippen LogP contribution in [-0.2, 0) is 14.8 Å². The van der Waals surface area contributed by atoms with Gasteiger partial charge in [0.2, 0.25) is 10.0 Å². The Hall–Kier alpha value is -3.62. The van der Waals surface area contributed by atoms with E-state index < -0.39 is 28.1 Å². The monoisotopic (exact) mass is 507 g/mol. The zero-order valence-electron chi connectivity index (χ0n) is 20.6. The summed E-state index contributed by atoms with van der Waals surface area (Å²) < 4.78 is 40.7. The Morgan fingerprint density at radius 2 is 1.58 bits per heavy atom. The number of hydrogen-bond acceptors (Lipinski definition) is 5. The van der Waals surface area contributed by atoms with Gasteiger partial charge in [-0.15, -0.1) is 0 Å². The summed E-state index contributed by atoms with van der Waals surface area (Å²) in [5.74, 6) is -0.179. The zero-order chi connectivity index (χ0) is 26.0. The fraction of sp³-hybridized carbons (Fsp3) is 0.250. The average molecular weight is 508 g/mol. The first-order valence-corrected chi connectivity index (χ1v) is 12.9. The normalized spacial score (nSPS) is 18.4. The number of methoxy groups -OCH3 is 2. The van der Waals surface area contributed by atoms with Gasteiger partial charge >= 0.3 is 5.97 Å². The number of rotatable bonds is 7. The van der Waals surface area contributed by atoms with Crippen molar-refractivity contribution in [2.75, 3.05) is 14.2 Å². The van der Waals surface area contributed by atoms with Crippen molar-refractivity contribution in [1.29, 1.82) is 0 Å². The lowest BCUT2D eigenvalue weighted by Crippen LogP contribution is -2.42. The standard InChI is InChI=1S/C28H29NO6S/c1-18-8-11-22(12-9-18)36(32,33)29-24(20-10-15-25(34-3)26(17-20)35-4)14-13-23(28(30)31)27(29)21-7-5-6-19(2)16-21/h5-13,15-17,24,27H,14H2,1-4H3,(H,30,31)/t24-,27-/m0/s1. The number of carbonyl (C=O) groups is 1. The minimum absolute atomic E-state index is 0.0213. The van der Waals surface area contributed by atoms with Crippen LogP contribution in [0.4, 0.5) is 0 Å². The highest BCUT2D eigenvalue weighted by Crippen LogP contribution is 2.46. The van der Waals surface area contributed by atoms with Gasteiger partial charge in [0, 0.05) is 0 Å². The molecule has 2 atom stereocenters. The number of aryl methyl sites for hydroxylation is 2. The molecule has 3 aromatic carbocycles. The van der Waals surface area contributed by atoms with Crippen molar-refractivity contribution in [3.63, 3.8) is 0 Å². The number of carboxylic acids is 1. The van der Waals surface area contributed by atoms with Gasteiger partial charge in [-0.3, -0.25) is 0 Å². The summed E-state index contributed by atoms with van der Waals surface area (Å²) in [4.78, 5) is 12.5. The highest BCUT2D eigenvalue weighted by molar-refractivity contribution is 7.89. The van der Waals surface area contributed by atoms with Gasteiger partial charge in [-0.1, -0.05) is 59.7 Å². The van der Waals surface area contributed by atoms with E-state index >= 15 is 0 Å². The Morgan fingerprint density at radius 3 is 2.19 bits per heavy atom. The molecule has 36 heavy (non-hydrogen) atoms. The maximum Gasteiger partial charge on any atom is 0.333 e. The van der Waals surface area contributed by atoms with Crippen molar-refractivity contribution in [2.45, 2.75) is 37.2 Å². The van der Waals surface area contributed by atoms with E-state index in [-0.39, 0.29) is 16.9 Å². The van der Waals surface area contributed by atoms with Gasteiger partial charge in [-0.2, -0.15) is 4.31 Å². The van der Waals surface area contributed by atoms with E-state index in [0.717, 1.165) is 11.1 Å². The number of hydrogen-bond donors (Lipinski definition) is 1. The number of ether oxygens (including phenoxy) is 2. The van der Waals surface area contributed by atoms with Crippen LogP contribution in [0.1, 0.15) is 40.8 Å². The first-order valence-electron chi connectivity index (χ1n) is 11.5. The summed E-state index contributed by atoms with van der Waals surface area (Å²) in [6.07, 6.45) is 1.81. The van der Waals surface area contributed by atoms with Crippen molar-refractivity contribution in [1.82, 2.24) is 4.31 Å². The van der Waals surface area contributed by atoms with Crippen molar-refractivity contribution in [2.24, 2.45) is 0 Å². The second-order valence-electron chi connectivity index (χ2n) is 8.80. The van der Waals surface area contributed by atoms with Gasteiger partial charge < -0.3 is 14.6 Å². The Balaban J connectivity index is 1.98. The molecule has 0 spiro atoms. The molecule has 0 unspecified atom stereocenters. The summed E-state index contributed by atoms with van der Waals surface area (Å²) in [7, 11) is -1.09. The van der Waals surface area contributed by atoms with Crippen LogP contribution in [0.3, 0.4) is 0 Å². The van der Waals surface area contributed by atoms with E-state index in [9.17, 15) is 18.3 Å². The van der Waals surface area contributed by atoms with Gasteiger partial charge in [-0.05, 0) is 55.7 Å². The van der Waals surface area contributed by atoms with Crippen LogP contribution in [0.25, 0.3) is 0 Å². The SMILES string of the molecule is COc1ccc([C@@H]2CC=C(C(=O)O)[C@H](c3cccc(C)c3)N2S(=O)(=O)c2ccc(C)cc2)cc1OC. The van der Waals surface area contributed by atoms with Crippen LogP contribution in [0.2, 0.25) is 0 Å². The van der Waals surface area contributed by atoms with Gasteiger partial charge in [0.15, 0.2) is 11.5 Å². The Labute approximate surface area is 211 Å². The average Bonchev–Trinajstić information content (AvgIpc) is 2.87. The zero-order valence-corrected chi connectivity index (χ0v) is 21.5. The van der Waals surface area contributed by atoms with Crippen molar-refractivity contribution in [3.05, 3.63) is 101 Å². The molecule has 0 saturated carbocycles. The molecule has 0 aromatic heterocycles. The lowest BCUT2D eigenvalue weighted by atomic mass is 9.89. The van der Waals surface area contributed by atoms with Crippen molar-refractivity contribution < 1.29 is 27.8 Å². The predicted molar refractivity (Wildman–Crippen MR) is 137 cm³/mol. The topological polar surface area (TPSA) is 93.1 Å². The lowest BCUT2D eigenvalue weighted by Gasteiger charge is -2.40. The molecule has 0 aliphatic carbocycles. The molecule has 188 valence electrons. The Kier molecular flexibility index (Phi) is 7.19. The molecule has 0 saturated heterocycles. The van der Waals surface area contributed by atoms with E-state index in [1.54, 1.807) is 60.7 Å². The van der Waals surface area contributed by atoms with Crippen LogP contribution in [0, 0.1) is 13.8 Å². The molecule has 0 amide bonds. The first-order chi connectivity index (χ1) is 17.2. The van der Waals surface area contributed by atoms with Crippen molar-refractivity contribution in [3.8, 4) is 11.5 Å². The van der Waals surface area contributed by atoms with E-state index in [4.69, 9.17) is 9.47 Å². The van der Waals surface area contributed by atoms with Gasteiger partial charge in [0.05, 0.1) is 36.8 Å². The fourth-order valence-corrected chi connectivity index (χ4v) is 6.40. The van der Waals surface area contributed by atoms with E-state index in [0.29, 0.717) is 22.6 Å². The smallest absolute Gasteiger partial charge is 0.333 e. The molecule has 1 N–H and O–H groups in total. The number of sulfonamides is 1. The molecule has 0 bridgehead atoms. The largest absolute Gasteiger partial charge is 0.493 e. The quantitative estimate of drug-likeness (QED) is 0.472. The van der Waals surface area contributed by atoms with E-state index in [1.807, 2.05) is 26.0 Å². The number of carboxylic acid groups (broad SMARTS) is 1. The van der Waals surface area contributed by atoms with Crippen LogP contribution in [0.15, 0.2) is 83.3 Å². The highest BCUT2D eigenvalue weighted by Gasteiger charge is 2.44. The molecule has 8 heteroatoms. The molecule has 1 heterocycles. The Bertz CT molecular complexity index is 1410. The molecule has 0 radical (unpaired) electrons. The third-order valence-electron chi connectivity index (χ3n) is 6.41. The molecule has 7 nitrogen and oxygen atoms in total. The predicted octanol–water partition coefficient (Wildman–Crippen LogP) is 5.21. The van der Waals surface area contributed by atoms with Gasteiger partial charge in [-0.25, -0.2) is 13.2 Å². The maximum atomic E-state index is 14.2. The van der Waals surface area contributed by atoms with Crippen LogP contribution >= 0.6 is 0 Å². The number of benzene rings is 3. The summed E-state index contributed by atoms with van der Waals surface area (Å²) in [6, 6.07) is 17.4. The molecular weight excluding hydrogens is 478 g/mol. The van der Waals surface area contributed by atoms with Crippen LogP contribution < -0.4 is 9.47 Å². The third-order valence-corrected chi connectivity index (χ3v) is 8.30. The lowest BCUT2D eigenvalue weighted by molar-refractivity contribution is -0.133. The Morgan fingerprint density at radius 1 is 0.889 bits per heavy atom. The maximum absolute atomic E-state index is 14.2. The van der Waals surface area contributed by atoms with E-state index in [2.05, 4.69) is 0 Å². The van der Waals surface area contributed by atoms with Gasteiger partial charge in [0.25, 0.3) is 0 Å². The highest BCUT2D eigenvalue weighted by atomic mass is 32.2. The minimum Gasteiger partial charge on any atom is -0.493 e.